The van der Waals surface area contributed by atoms with Crippen molar-refractivity contribution in [2.75, 3.05) is 0 Å². The standard InChI is InChI=1S/C14H11BrO3/c15-12-3-1-2-10(8-12)9-18-14(17)11-4-6-13(16)7-5-11/h1-8,16H,9H2. The predicted octanol–water partition coefficient (Wildman–Crippen LogP) is 3.51. The number of hydrogen-bond donors (Lipinski definition) is 1. The molecule has 2 aromatic rings. The topological polar surface area (TPSA) is 46.5 Å². The normalized spacial score (nSPS) is 10.1. The minimum absolute atomic E-state index is 0.124. The van der Waals surface area contributed by atoms with Gasteiger partial charge in [0.15, 0.2) is 0 Å². The molecule has 0 aliphatic rings. The highest BCUT2D eigenvalue weighted by atomic mass is 79.9. The zero-order chi connectivity index (χ0) is 13.0. The summed E-state index contributed by atoms with van der Waals surface area (Å²) in [6, 6.07) is 13.5. The molecule has 1 N–H and O–H groups in total. The molecule has 0 saturated carbocycles. The molecule has 0 radical (unpaired) electrons. The van der Waals surface area contributed by atoms with Gasteiger partial charge in [-0.15, -0.1) is 0 Å². The van der Waals surface area contributed by atoms with Gasteiger partial charge in [-0.05, 0) is 42.0 Å². The number of carbonyl (C=O) groups is 1. The van der Waals surface area contributed by atoms with Crippen LogP contribution < -0.4 is 0 Å². The van der Waals surface area contributed by atoms with Crippen LogP contribution in [0.2, 0.25) is 0 Å². The summed E-state index contributed by atoms with van der Waals surface area (Å²) >= 11 is 3.35. The average Bonchev–Trinajstić information content (AvgIpc) is 2.37. The Balaban J connectivity index is 1.98. The van der Waals surface area contributed by atoms with Crippen LogP contribution in [0.4, 0.5) is 0 Å². The Bertz CT molecular complexity index is 549. The number of rotatable bonds is 3. The van der Waals surface area contributed by atoms with Crippen LogP contribution in [0.5, 0.6) is 5.75 Å². The highest BCUT2D eigenvalue weighted by Gasteiger charge is 2.07. The van der Waals surface area contributed by atoms with Crippen LogP contribution in [0.1, 0.15) is 15.9 Å². The third kappa shape index (κ3) is 3.34. The van der Waals surface area contributed by atoms with Crippen LogP contribution in [0.15, 0.2) is 53.0 Å². The minimum Gasteiger partial charge on any atom is -0.508 e. The van der Waals surface area contributed by atoms with Gasteiger partial charge in [0.1, 0.15) is 12.4 Å². The molecule has 0 aromatic heterocycles. The molecule has 2 rings (SSSR count). The number of aromatic hydroxyl groups is 1. The number of phenolic OH excluding ortho intramolecular Hbond substituents is 1. The molecule has 0 saturated heterocycles. The van der Waals surface area contributed by atoms with Crippen LogP contribution in [-0.4, -0.2) is 11.1 Å². The monoisotopic (exact) mass is 306 g/mol. The summed E-state index contributed by atoms with van der Waals surface area (Å²) in [7, 11) is 0. The van der Waals surface area contributed by atoms with Gasteiger partial charge in [0, 0.05) is 4.47 Å². The van der Waals surface area contributed by atoms with Crippen molar-refractivity contribution < 1.29 is 14.6 Å². The smallest absolute Gasteiger partial charge is 0.338 e. The van der Waals surface area contributed by atoms with Gasteiger partial charge < -0.3 is 9.84 Å². The van der Waals surface area contributed by atoms with Crippen molar-refractivity contribution in [2.24, 2.45) is 0 Å². The molecule has 0 spiro atoms. The molecule has 92 valence electrons. The van der Waals surface area contributed by atoms with E-state index in [0.29, 0.717) is 5.56 Å². The molecule has 4 heteroatoms. The lowest BCUT2D eigenvalue weighted by atomic mass is 10.2. The Morgan fingerprint density at radius 2 is 1.89 bits per heavy atom. The van der Waals surface area contributed by atoms with E-state index in [4.69, 9.17) is 9.84 Å². The van der Waals surface area contributed by atoms with E-state index in [1.165, 1.54) is 24.3 Å². The van der Waals surface area contributed by atoms with Crippen molar-refractivity contribution in [3.63, 3.8) is 0 Å². The van der Waals surface area contributed by atoms with Crippen LogP contribution in [0.3, 0.4) is 0 Å². The summed E-state index contributed by atoms with van der Waals surface area (Å²) in [5.74, 6) is -0.284. The molecular weight excluding hydrogens is 296 g/mol. The Morgan fingerprint density at radius 1 is 1.17 bits per heavy atom. The minimum atomic E-state index is -0.407. The first-order chi connectivity index (χ1) is 8.65. The van der Waals surface area contributed by atoms with Gasteiger partial charge in [0.25, 0.3) is 0 Å². The number of carbonyl (C=O) groups excluding carboxylic acids is 1. The van der Waals surface area contributed by atoms with E-state index >= 15 is 0 Å². The van der Waals surface area contributed by atoms with Gasteiger partial charge >= 0.3 is 5.97 Å². The lowest BCUT2D eigenvalue weighted by Crippen LogP contribution is -2.04. The van der Waals surface area contributed by atoms with E-state index in [9.17, 15) is 4.79 Å². The Hall–Kier alpha value is -1.81. The number of ether oxygens (including phenoxy) is 1. The van der Waals surface area contributed by atoms with Gasteiger partial charge in [-0.1, -0.05) is 28.1 Å². The largest absolute Gasteiger partial charge is 0.508 e. The maximum absolute atomic E-state index is 11.7. The number of hydrogen-bond acceptors (Lipinski definition) is 3. The molecular formula is C14H11BrO3. The fraction of sp³-hybridized carbons (Fsp3) is 0.0714. The Morgan fingerprint density at radius 3 is 2.56 bits per heavy atom. The van der Waals surface area contributed by atoms with Gasteiger partial charge in [-0.3, -0.25) is 0 Å². The Labute approximate surface area is 113 Å². The summed E-state index contributed by atoms with van der Waals surface area (Å²) in [6.45, 7) is 0.221. The second kappa shape index (κ2) is 5.69. The van der Waals surface area contributed by atoms with Crippen molar-refractivity contribution in [1.29, 1.82) is 0 Å². The SMILES string of the molecule is O=C(OCc1cccc(Br)c1)c1ccc(O)cc1. The maximum atomic E-state index is 11.7. The van der Waals surface area contributed by atoms with Crippen molar-refractivity contribution in [2.45, 2.75) is 6.61 Å². The lowest BCUT2D eigenvalue weighted by Gasteiger charge is -2.05. The quantitative estimate of drug-likeness (QED) is 0.883. The van der Waals surface area contributed by atoms with Gasteiger partial charge in [-0.25, -0.2) is 4.79 Å². The first-order valence-corrected chi connectivity index (χ1v) is 6.15. The van der Waals surface area contributed by atoms with Crippen molar-refractivity contribution in [1.82, 2.24) is 0 Å². The van der Waals surface area contributed by atoms with Crippen LogP contribution in [-0.2, 0) is 11.3 Å². The zero-order valence-electron chi connectivity index (χ0n) is 9.47. The molecule has 3 nitrogen and oxygen atoms in total. The van der Waals surface area contributed by atoms with Crippen molar-refractivity contribution in [3.05, 3.63) is 64.1 Å². The molecule has 0 unspecified atom stereocenters. The predicted molar refractivity (Wildman–Crippen MR) is 71.4 cm³/mol. The maximum Gasteiger partial charge on any atom is 0.338 e. The Kier molecular flexibility index (Phi) is 3.99. The number of halogens is 1. The van der Waals surface area contributed by atoms with E-state index in [1.807, 2.05) is 24.3 Å². The van der Waals surface area contributed by atoms with E-state index < -0.39 is 5.97 Å². The summed E-state index contributed by atoms with van der Waals surface area (Å²) in [5, 5.41) is 9.12. The van der Waals surface area contributed by atoms with Crippen LogP contribution >= 0.6 is 15.9 Å². The summed E-state index contributed by atoms with van der Waals surface area (Å²) in [5.41, 5.74) is 1.33. The summed E-state index contributed by atoms with van der Waals surface area (Å²) < 4.78 is 6.11. The molecule has 0 atom stereocenters. The van der Waals surface area contributed by atoms with E-state index in [2.05, 4.69) is 15.9 Å². The third-order valence-electron chi connectivity index (χ3n) is 2.36. The number of phenols is 1. The fourth-order valence-electron chi connectivity index (χ4n) is 1.46. The fourth-order valence-corrected chi connectivity index (χ4v) is 1.90. The van der Waals surface area contributed by atoms with Gasteiger partial charge in [0.05, 0.1) is 5.56 Å². The molecule has 0 aliphatic heterocycles. The highest BCUT2D eigenvalue weighted by molar-refractivity contribution is 9.10. The molecule has 18 heavy (non-hydrogen) atoms. The average molecular weight is 307 g/mol. The van der Waals surface area contributed by atoms with Gasteiger partial charge in [-0.2, -0.15) is 0 Å². The second-order valence-corrected chi connectivity index (χ2v) is 4.67. The summed E-state index contributed by atoms with van der Waals surface area (Å²) in [6.07, 6.45) is 0. The number of esters is 1. The lowest BCUT2D eigenvalue weighted by molar-refractivity contribution is 0.0472. The molecule has 2 aromatic carbocycles. The van der Waals surface area contributed by atoms with Crippen LogP contribution in [0.25, 0.3) is 0 Å². The van der Waals surface area contributed by atoms with Crippen molar-refractivity contribution >= 4 is 21.9 Å². The number of benzene rings is 2. The molecule has 0 heterocycles. The summed E-state index contributed by atoms with van der Waals surface area (Å²) in [4.78, 5) is 11.7. The first-order valence-electron chi connectivity index (χ1n) is 5.36. The third-order valence-corrected chi connectivity index (χ3v) is 2.86. The molecule has 0 fully saturated rings. The van der Waals surface area contributed by atoms with E-state index in [0.717, 1.165) is 10.0 Å². The van der Waals surface area contributed by atoms with Crippen molar-refractivity contribution in [3.8, 4) is 5.75 Å². The van der Waals surface area contributed by atoms with Crippen LogP contribution in [0, 0.1) is 0 Å². The highest BCUT2D eigenvalue weighted by Crippen LogP contribution is 2.14. The van der Waals surface area contributed by atoms with E-state index in [-0.39, 0.29) is 12.4 Å². The zero-order valence-corrected chi connectivity index (χ0v) is 11.1. The second-order valence-electron chi connectivity index (χ2n) is 3.75. The van der Waals surface area contributed by atoms with E-state index in [1.54, 1.807) is 0 Å². The molecule has 0 amide bonds. The first kappa shape index (κ1) is 12.6. The van der Waals surface area contributed by atoms with Gasteiger partial charge in [0.2, 0.25) is 0 Å². The molecule has 0 aliphatic carbocycles. The molecule has 0 bridgehead atoms.